The van der Waals surface area contributed by atoms with Gasteiger partial charge in [-0.1, -0.05) is 11.6 Å². The molecular formula is C12H10BrNO2. The van der Waals surface area contributed by atoms with E-state index in [4.69, 9.17) is 4.74 Å². The average Bonchev–Trinajstić information content (AvgIpc) is 2.28. The van der Waals surface area contributed by atoms with E-state index in [9.17, 15) is 4.79 Å². The molecule has 1 atom stereocenters. The van der Waals surface area contributed by atoms with Crippen LogP contribution in [0.25, 0.3) is 10.9 Å². The second-order valence-electron chi connectivity index (χ2n) is 3.51. The molecule has 82 valence electrons. The summed E-state index contributed by atoms with van der Waals surface area (Å²) in [7, 11) is 0. The number of aryl methyl sites for hydroxylation is 1. The summed E-state index contributed by atoms with van der Waals surface area (Å²) in [4.78, 5) is 14.5. The number of ether oxygens (including phenoxy) is 1. The normalized spacial score (nSPS) is 12.4. The summed E-state index contributed by atoms with van der Waals surface area (Å²) in [5.41, 5.74) is 2.93. The topological polar surface area (TPSA) is 39.2 Å². The summed E-state index contributed by atoms with van der Waals surface area (Å²) in [6.07, 6.45) is 1.70. The molecule has 1 aromatic carbocycles. The van der Waals surface area contributed by atoms with Gasteiger partial charge < -0.3 is 4.74 Å². The fraction of sp³-hybridized carbons (Fsp3) is 0.167. The molecule has 2 aromatic rings. The Hall–Kier alpha value is -1.42. The van der Waals surface area contributed by atoms with Gasteiger partial charge in [0.05, 0.1) is 5.52 Å². The van der Waals surface area contributed by atoms with Crippen LogP contribution in [0.5, 0.6) is 0 Å². The van der Waals surface area contributed by atoms with E-state index < -0.39 is 5.01 Å². The highest BCUT2D eigenvalue weighted by molar-refractivity contribution is 9.09. The van der Waals surface area contributed by atoms with Gasteiger partial charge in [-0.3, -0.25) is 9.78 Å². The standard InChI is InChI=1S/C12H10BrNO2/c1-8-2-3-11-9(4-8)5-10(6-14-11)12(13)16-7-15/h2-7,12H,1H3. The van der Waals surface area contributed by atoms with Crippen LogP contribution in [-0.2, 0) is 9.53 Å². The fourth-order valence-corrected chi connectivity index (χ4v) is 1.86. The Morgan fingerprint density at radius 3 is 3.00 bits per heavy atom. The third-order valence-corrected chi connectivity index (χ3v) is 3.04. The van der Waals surface area contributed by atoms with Crippen molar-refractivity contribution in [1.82, 2.24) is 4.98 Å². The Morgan fingerprint density at radius 1 is 1.44 bits per heavy atom. The van der Waals surface area contributed by atoms with E-state index in [1.165, 1.54) is 5.56 Å². The van der Waals surface area contributed by atoms with Crippen LogP contribution in [0.1, 0.15) is 16.1 Å². The molecule has 2 rings (SSSR count). The molecule has 0 spiro atoms. The number of carbonyl (C=O) groups excluding carboxylic acids is 1. The Labute approximate surface area is 102 Å². The third kappa shape index (κ3) is 2.22. The van der Waals surface area contributed by atoms with Crippen LogP contribution in [0.2, 0.25) is 0 Å². The van der Waals surface area contributed by atoms with Gasteiger partial charge >= 0.3 is 0 Å². The van der Waals surface area contributed by atoms with Crippen LogP contribution in [-0.4, -0.2) is 11.5 Å². The second-order valence-corrected chi connectivity index (χ2v) is 4.34. The molecule has 0 saturated heterocycles. The zero-order chi connectivity index (χ0) is 11.5. The Balaban J connectivity index is 2.46. The van der Waals surface area contributed by atoms with Crippen molar-refractivity contribution >= 4 is 33.3 Å². The lowest BCUT2D eigenvalue weighted by molar-refractivity contribution is -0.129. The lowest BCUT2D eigenvalue weighted by Gasteiger charge is -2.08. The molecule has 0 aliphatic carbocycles. The maximum absolute atomic E-state index is 10.2. The van der Waals surface area contributed by atoms with Gasteiger partial charge in [0.2, 0.25) is 0 Å². The van der Waals surface area contributed by atoms with Crippen LogP contribution < -0.4 is 0 Å². The quantitative estimate of drug-likeness (QED) is 0.640. The van der Waals surface area contributed by atoms with E-state index in [0.717, 1.165) is 16.5 Å². The minimum atomic E-state index is -0.442. The maximum Gasteiger partial charge on any atom is 0.294 e. The molecule has 0 N–H and O–H groups in total. The number of rotatable bonds is 3. The molecule has 1 aromatic heterocycles. The first-order chi connectivity index (χ1) is 7.70. The first-order valence-electron chi connectivity index (χ1n) is 4.80. The first kappa shape index (κ1) is 11.1. The number of fused-ring (bicyclic) bond motifs is 1. The van der Waals surface area contributed by atoms with Crippen molar-refractivity contribution in [2.24, 2.45) is 0 Å². The van der Waals surface area contributed by atoms with E-state index in [2.05, 4.69) is 20.9 Å². The highest BCUT2D eigenvalue weighted by atomic mass is 79.9. The third-order valence-electron chi connectivity index (χ3n) is 2.30. The van der Waals surface area contributed by atoms with Crippen molar-refractivity contribution in [1.29, 1.82) is 0 Å². The number of carbonyl (C=O) groups is 1. The predicted molar refractivity (Wildman–Crippen MR) is 65.3 cm³/mol. The van der Waals surface area contributed by atoms with E-state index >= 15 is 0 Å². The predicted octanol–water partition coefficient (Wildman–Crippen LogP) is 3.11. The Bertz CT molecular complexity index is 527. The zero-order valence-corrected chi connectivity index (χ0v) is 10.3. The number of pyridine rings is 1. The summed E-state index contributed by atoms with van der Waals surface area (Å²) < 4.78 is 4.80. The monoisotopic (exact) mass is 279 g/mol. The van der Waals surface area contributed by atoms with E-state index in [1.54, 1.807) is 6.20 Å². The molecule has 1 heterocycles. The molecule has 0 aliphatic rings. The van der Waals surface area contributed by atoms with E-state index in [-0.39, 0.29) is 0 Å². The van der Waals surface area contributed by atoms with Gasteiger partial charge in [-0.25, -0.2) is 0 Å². The summed E-state index contributed by atoms with van der Waals surface area (Å²) in [5.74, 6) is 0. The molecule has 0 radical (unpaired) electrons. The fourth-order valence-electron chi connectivity index (χ4n) is 1.52. The molecule has 16 heavy (non-hydrogen) atoms. The van der Waals surface area contributed by atoms with Crippen molar-refractivity contribution in [3.05, 3.63) is 41.6 Å². The molecule has 4 heteroatoms. The van der Waals surface area contributed by atoms with Crippen molar-refractivity contribution in [3.63, 3.8) is 0 Å². The Morgan fingerprint density at radius 2 is 2.25 bits per heavy atom. The van der Waals surface area contributed by atoms with Crippen LogP contribution >= 0.6 is 15.9 Å². The number of aromatic nitrogens is 1. The molecule has 0 saturated carbocycles. The van der Waals surface area contributed by atoms with Crippen molar-refractivity contribution in [3.8, 4) is 0 Å². The smallest absolute Gasteiger partial charge is 0.294 e. The SMILES string of the molecule is Cc1ccc2ncc(C(Br)OC=O)cc2c1. The minimum absolute atomic E-state index is 0.417. The molecule has 3 nitrogen and oxygen atoms in total. The summed E-state index contributed by atoms with van der Waals surface area (Å²) in [5, 5.41) is 0.596. The number of halogens is 1. The van der Waals surface area contributed by atoms with E-state index in [1.807, 2.05) is 31.2 Å². The Kier molecular flexibility index (Phi) is 3.19. The van der Waals surface area contributed by atoms with Gasteiger partial charge in [-0.15, -0.1) is 0 Å². The van der Waals surface area contributed by atoms with Crippen LogP contribution in [0.15, 0.2) is 30.5 Å². The summed E-state index contributed by atoms with van der Waals surface area (Å²) in [6, 6.07) is 7.99. The van der Waals surface area contributed by atoms with Crippen LogP contribution in [0, 0.1) is 6.92 Å². The molecule has 0 bridgehead atoms. The highest BCUT2D eigenvalue weighted by Crippen LogP contribution is 2.25. The first-order valence-corrected chi connectivity index (χ1v) is 5.72. The number of alkyl halides is 1. The summed E-state index contributed by atoms with van der Waals surface area (Å²) in [6.45, 7) is 2.44. The van der Waals surface area contributed by atoms with Gasteiger partial charge in [-0.2, -0.15) is 0 Å². The average molecular weight is 280 g/mol. The minimum Gasteiger partial charge on any atom is -0.448 e. The lowest BCUT2D eigenvalue weighted by Crippen LogP contribution is -1.95. The van der Waals surface area contributed by atoms with Crippen LogP contribution in [0.3, 0.4) is 0 Å². The molecule has 0 amide bonds. The van der Waals surface area contributed by atoms with E-state index in [0.29, 0.717) is 6.47 Å². The summed E-state index contributed by atoms with van der Waals surface area (Å²) >= 11 is 3.26. The molecule has 0 aliphatic heterocycles. The van der Waals surface area contributed by atoms with Gasteiger partial charge in [0.1, 0.15) is 0 Å². The molecular weight excluding hydrogens is 270 g/mol. The number of hydrogen-bond donors (Lipinski definition) is 0. The van der Waals surface area contributed by atoms with Gasteiger partial charge in [0.15, 0.2) is 5.01 Å². The molecule has 0 fully saturated rings. The molecule has 1 unspecified atom stereocenters. The van der Waals surface area contributed by atoms with Crippen molar-refractivity contribution in [2.45, 2.75) is 11.9 Å². The van der Waals surface area contributed by atoms with Gasteiger partial charge in [0.25, 0.3) is 6.47 Å². The van der Waals surface area contributed by atoms with Crippen molar-refractivity contribution in [2.75, 3.05) is 0 Å². The number of benzene rings is 1. The van der Waals surface area contributed by atoms with Crippen LogP contribution in [0.4, 0.5) is 0 Å². The van der Waals surface area contributed by atoms with Gasteiger partial charge in [0, 0.05) is 17.1 Å². The second kappa shape index (κ2) is 4.61. The number of hydrogen-bond acceptors (Lipinski definition) is 3. The maximum atomic E-state index is 10.2. The number of nitrogens with zero attached hydrogens (tertiary/aromatic N) is 1. The zero-order valence-electron chi connectivity index (χ0n) is 8.68. The highest BCUT2D eigenvalue weighted by Gasteiger charge is 2.08. The van der Waals surface area contributed by atoms with Crippen molar-refractivity contribution < 1.29 is 9.53 Å². The van der Waals surface area contributed by atoms with Gasteiger partial charge in [-0.05, 0) is 41.1 Å². The lowest BCUT2D eigenvalue weighted by atomic mass is 10.1. The largest absolute Gasteiger partial charge is 0.448 e.